The molecular formula is C11H23N5. The number of rotatable bonds is 2. The monoisotopic (exact) mass is 225 g/mol. The predicted octanol–water partition coefficient (Wildman–Crippen LogP) is -0.00590. The summed E-state index contributed by atoms with van der Waals surface area (Å²) in [5.41, 5.74) is 2.76. The molecule has 0 bridgehead atoms. The Bertz CT molecular complexity index is 261. The number of aliphatic imine (C=N–C) groups is 1. The first-order valence-electron chi connectivity index (χ1n) is 6.24. The van der Waals surface area contributed by atoms with E-state index in [0.717, 1.165) is 25.6 Å². The minimum atomic E-state index is 0.519. The van der Waals surface area contributed by atoms with Crippen LogP contribution in [0.25, 0.3) is 0 Å². The first-order chi connectivity index (χ1) is 7.74. The van der Waals surface area contributed by atoms with Gasteiger partial charge in [-0.25, -0.2) is 10.8 Å². The van der Waals surface area contributed by atoms with Gasteiger partial charge in [0.2, 0.25) is 5.96 Å². The van der Waals surface area contributed by atoms with Crippen LogP contribution in [0.4, 0.5) is 0 Å². The molecule has 0 aromatic rings. The van der Waals surface area contributed by atoms with E-state index in [4.69, 9.17) is 5.84 Å². The van der Waals surface area contributed by atoms with Crippen LogP contribution < -0.4 is 11.3 Å². The van der Waals surface area contributed by atoms with Gasteiger partial charge in [0.1, 0.15) is 0 Å². The normalized spacial score (nSPS) is 28.3. The lowest BCUT2D eigenvalue weighted by Gasteiger charge is -2.40. The molecule has 0 radical (unpaired) electrons. The molecule has 16 heavy (non-hydrogen) atoms. The lowest BCUT2D eigenvalue weighted by molar-refractivity contribution is 0.135. The third-order valence-electron chi connectivity index (χ3n) is 3.53. The second-order valence-corrected chi connectivity index (χ2v) is 4.82. The Kier molecular flexibility index (Phi) is 3.66. The Morgan fingerprint density at radius 2 is 2.19 bits per heavy atom. The topological polar surface area (TPSA) is 56.9 Å². The summed E-state index contributed by atoms with van der Waals surface area (Å²) in [6.07, 6.45) is 3.61. The molecule has 2 fully saturated rings. The lowest BCUT2D eigenvalue weighted by Crippen LogP contribution is -2.57. The molecule has 1 heterocycles. The van der Waals surface area contributed by atoms with Gasteiger partial charge in [0, 0.05) is 25.7 Å². The number of hydrazine groups is 1. The molecule has 1 unspecified atom stereocenters. The van der Waals surface area contributed by atoms with Crippen molar-refractivity contribution in [2.45, 2.75) is 38.3 Å². The van der Waals surface area contributed by atoms with Gasteiger partial charge < -0.3 is 4.90 Å². The number of nitrogens with one attached hydrogen (secondary N) is 1. The molecule has 2 rings (SSSR count). The van der Waals surface area contributed by atoms with Crippen LogP contribution in [0, 0.1) is 0 Å². The van der Waals surface area contributed by atoms with Crippen LogP contribution in [0.3, 0.4) is 0 Å². The third kappa shape index (κ3) is 2.65. The molecule has 0 aromatic carbocycles. The van der Waals surface area contributed by atoms with Gasteiger partial charge in [-0.3, -0.25) is 10.3 Å². The first kappa shape index (κ1) is 11.7. The Morgan fingerprint density at radius 1 is 1.44 bits per heavy atom. The van der Waals surface area contributed by atoms with E-state index in [9.17, 15) is 0 Å². The van der Waals surface area contributed by atoms with Gasteiger partial charge in [-0.05, 0) is 26.3 Å². The maximum Gasteiger partial charge on any atom is 0.208 e. The molecule has 5 heteroatoms. The Morgan fingerprint density at radius 3 is 2.75 bits per heavy atom. The highest BCUT2D eigenvalue weighted by Gasteiger charge is 2.27. The van der Waals surface area contributed by atoms with Crippen LogP contribution >= 0.6 is 0 Å². The molecule has 0 amide bonds. The lowest BCUT2D eigenvalue weighted by atomic mass is 10.1. The van der Waals surface area contributed by atoms with Gasteiger partial charge in [0.15, 0.2) is 0 Å². The molecule has 0 aromatic heterocycles. The van der Waals surface area contributed by atoms with E-state index >= 15 is 0 Å². The fraction of sp³-hybridized carbons (Fsp3) is 0.909. The van der Waals surface area contributed by atoms with Crippen molar-refractivity contribution in [1.82, 2.24) is 15.2 Å². The summed E-state index contributed by atoms with van der Waals surface area (Å²) in [5.74, 6) is 6.45. The van der Waals surface area contributed by atoms with E-state index in [0.29, 0.717) is 12.1 Å². The number of guanidine groups is 1. The molecular weight excluding hydrogens is 202 g/mol. The van der Waals surface area contributed by atoms with E-state index in [1.54, 1.807) is 0 Å². The van der Waals surface area contributed by atoms with Crippen molar-refractivity contribution in [3.63, 3.8) is 0 Å². The molecule has 0 spiro atoms. The molecule has 1 aliphatic carbocycles. The van der Waals surface area contributed by atoms with Crippen molar-refractivity contribution >= 4 is 5.96 Å². The maximum atomic E-state index is 5.57. The summed E-state index contributed by atoms with van der Waals surface area (Å²) in [6.45, 7) is 5.37. The number of likely N-dealkylation sites (N-methyl/N-ethyl adjacent to an activating group) is 1. The molecule has 5 nitrogen and oxygen atoms in total. The highest BCUT2D eigenvalue weighted by Crippen LogP contribution is 2.24. The van der Waals surface area contributed by atoms with E-state index in [-0.39, 0.29) is 0 Å². The summed E-state index contributed by atoms with van der Waals surface area (Å²) in [4.78, 5) is 9.31. The summed E-state index contributed by atoms with van der Waals surface area (Å²) in [6, 6.07) is 1.14. The molecule has 1 saturated carbocycles. The van der Waals surface area contributed by atoms with Gasteiger partial charge >= 0.3 is 0 Å². The Hall–Kier alpha value is -0.810. The zero-order chi connectivity index (χ0) is 11.5. The van der Waals surface area contributed by atoms with Gasteiger partial charge in [-0.2, -0.15) is 0 Å². The maximum absolute atomic E-state index is 5.57. The number of hydrogen-bond acceptors (Lipinski definition) is 3. The molecule has 1 atom stereocenters. The van der Waals surface area contributed by atoms with Crippen molar-refractivity contribution in [3.05, 3.63) is 0 Å². The largest absolute Gasteiger partial charge is 0.339 e. The summed E-state index contributed by atoms with van der Waals surface area (Å²) in [5, 5.41) is 0. The van der Waals surface area contributed by atoms with E-state index in [1.807, 2.05) is 0 Å². The molecule has 1 saturated heterocycles. The van der Waals surface area contributed by atoms with Crippen molar-refractivity contribution in [1.29, 1.82) is 0 Å². The van der Waals surface area contributed by atoms with Crippen LogP contribution in [-0.4, -0.2) is 54.5 Å². The average Bonchev–Trinajstić information content (AvgIpc) is 3.11. The fourth-order valence-corrected chi connectivity index (χ4v) is 2.17. The minimum Gasteiger partial charge on any atom is -0.339 e. The molecule has 3 N–H and O–H groups in total. The van der Waals surface area contributed by atoms with Gasteiger partial charge in [-0.15, -0.1) is 0 Å². The van der Waals surface area contributed by atoms with Crippen LogP contribution in [0.2, 0.25) is 0 Å². The highest BCUT2D eigenvalue weighted by atomic mass is 15.4. The molecule has 1 aliphatic heterocycles. The van der Waals surface area contributed by atoms with Crippen LogP contribution in [-0.2, 0) is 0 Å². The van der Waals surface area contributed by atoms with Crippen LogP contribution in [0.1, 0.15) is 26.2 Å². The van der Waals surface area contributed by atoms with Crippen molar-refractivity contribution in [3.8, 4) is 0 Å². The fourth-order valence-electron chi connectivity index (χ4n) is 2.17. The van der Waals surface area contributed by atoms with E-state index in [2.05, 4.69) is 34.2 Å². The Labute approximate surface area is 97.7 Å². The highest BCUT2D eigenvalue weighted by molar-refractivity contribution is 5.79. The van der Waals surface area contributed by atoms with E-state index in [1.165, 1.54) is 19.3 Å². The van der Waals surface area contributed by atoms with E-state index < -0.39 is 0 Å². The van der Waals surface area contributed by atoms with Gasteiger partial charge in [0.05, 0.1) is 6.04 Å². The zero-order valence-corrected chi connectivity index (χ0v) is 10.3. The smallest absolute Gasteiger partial charge is 0.208 e. The predicted molar refractivity (Wildman–Crippen MR) is 66.1 cm³/mol. The average molecular weight is 225 g/mol. The second-order valence-electron chi connectivity index (χ2n) is 4.82. The summed E-state index contributed by atoms with van der Waals surface area (Å²) < 4.78 is 0. The van der Waals surface area contributed by atoms with Crippen molar-refractivity contribution < 1.29 is 0 Å². The number of hydrogen-bond donors (Lipinski definition) is 2. The molecule has 92 valence electrons. The first-order valence-corrected chi connectivity index (χ1v) is 6.24. The Balaban J connectivity index is 1.97. The van der Waals surface area contributed by atoms with Crippen molar-refractivity contribution in [2.75, 3.05) is 26.7 Å². The third-order valence-corrected chi connectivity index (χ3v) is 3.53. The quantitative estimate of drug-likeness (QED) is 0.300. The molecule has 2 aliphatic rings. The summed E-state index contributed by atoms with van der Waals surface area (Å²) >= 11 is 0. The van der Waals surface area contributed by atoms with Gasteiger partial charge in [-0.1, -0.05) is 6.92 Å². The minimum absolute atomic E-state index is 0.519. The summed E-state index contributed by atoms with van der Waals surface area (Å²) in [7, 11) is 2.19. The second kappa shape index (κ2) is 5.01. The van der Waals surface area contributed by atoms with Gasteiger partial charge in [0.25, 0.3) is 0 Å². The zero-order valence-electron chi connectivity index (χ0n) is 10.3. The van der Waals surface area contributed by atoms with Crippen molar-refractivity contribution in [2.24, 2.45) is 10.8 Å². The number of nitrogens with zero attached hydrogens (tertiary/aromatic N) is 3. The standard InChI is InChI=1S/C11H23N5/c1-3-10-8-16(7-6-15(10)2)11(14-12)13-9-4-5-9/h9-10H,3-8,12H2,1-2H3,(H,13,14). The van der Waals surface area contributed by atoms with Crippen LogP contribution in [0.5, 0.6) is 0 Å². The van der Waals surface area contributed by atoms with Crippen LogP contribution in [0.15, 0.2) is 4.99 Å². The number of piperazine rings is 1. The number of nitrogens with two attached hydrogens (primary N) is 1. The SMILES string of the molecule is CCC1CN(C(=NC2CC2)NN)CCN1C.